The molecule has 6 nitrogen and oxygen atoms in total. The van der Waals surface area contributed by atoms with E-state index in [4.69, 9.17) is 10.5 Å². The van der Waals surface area contributed by atoms with Crippen LogP contribution in [0.3, 0.4) is 0 Å². The van der Waals surface area contributed by atoms with E-state index in [2.05, 4.69) is 10.1 Å². The normalized spacial score (nSPS) is 10.6. The van der Waals surface area contributed by atoms with Crippen molar-refractivity contribution in [2.24, 2.45) is 0 Å². The highest BCUT2D eigenvalue weighted by Crippen LogP contribution is 2.17. The van der Waals surface area contributed by atoms with Gasteiger partial charge < -0.3 is 10.5 Å². The van der Waals surface area contributed by atoms with Gasteiger partial charge in [-0.1, -0.05) is 0 Å². The molecule has 18 heavy (non-hydrogen) atoms. The lowest BCUT2D eigenvalue weighted by molar-refractivity contribution is -0.145. The molecule has 96 valence electrons. The molecular weight excluding hydrogens is 252 g/mol. The number of esters is 1. The van der Waals surface area contributed by atoms with E-state index in [0.717, 1.165) is 15.6 Å². The Kier molecular flexibility index (Phi) is 3.61. The molecule has 2 rings (SSSR count). The van der Waals surface area contributed by atoms with E-state index in [1.54, 1.807) is 6.20 Å². The van der Waals surface area contributed by atoms with Gasteiger partial charge in [0.15, 0.2) is 0 Å². The Labute approximate surface area is 108 Å². The van der Waals surface area contributed by atoms with Crippen LogP contribution in [0.4, 0.5) is 5.69 Å². The maximum Gasteiger partial charge on any atom is 0.328 e. The number of nitrogens with zero attached hydrogens (tertiary/aromatic N) is 3. The second kappa shape index (κ2) is 5.18. The summed E-state index contributed by atoms with van der Waals surface area (Å²) in [4.78, 5) is 17.0. The number of hydrogen-bond donors (Lipinski definition) is 1. The molecule has 0 saturated carbocycles. The number of nitrogens with two attached hydrogens (primary N) is 1. The first-order valence-electron chi connectivity index (χ1n) is 5.41. The molecule has 0 unspecified atom stereocenters. The molecule has 0 atom stereocenters. The third-order valence-electron chi connectivity index (χ3n) is 2.37. The van der Waals surface area contributed by atoms with Crippen LogP contribution in [0, 0.1) is 13.8 Å². The van der Waals surface area contributed by atoms with Crippen LogP contribution in [-0.2, 0) is 22.7 Å². The van der Waals surface area contributed by atoms with Gasteiger partial charge >= 0.3 is 5.97 Å². The second-order valence-electron chi connectivity index (χ2n) is 3.88. The van der Waals surface area contributed by atoms with Crippen molar-refractivity contribution in [1.29, 1.82) is 0 Å². The van der Waals surface area contributed by atoms with Crippen molar-refractivity contribution in [3.63, 3.8) is 0 Å². The van der Waals surface area contributed by atoms with Gasteiger partial charge in [-0.05, 0) is 13.8 Å². The minimum absolute atomic E-state index is 0.0561. The monoisotopic (exact) mass is 266 g/mol. The highest BCUT2D eigenvalue weighted by Gasteiger charge is 2.08. The SMILES string of the molecule is Cc1nc(COC(=O)Cn2cc(N)cn2)sc1C. The van der Waals surface area contributed by atoms with Gasteiger partial charge in [0.1, 0.15) is 18.2 Å². The van der Waals surface area contributed by atoms with Gasteiger partial charge in [0.25, 0.3) is 0 Å². The van der Waals surface area contributed by atoms with Crippen molar-refractivity contribution in [3.05, 3.63) is 28.0 Å². The first kappa shape index (κ1) is 12.6. The average Bonchev–Trinajstić information content (AvgIpc) is 2.84. The molecule has 2 N–H and O–H groups in total. The molecule has 0 saturated heterocycles. The summed E-state index contributed by atoms with van der Waals surface area (Å²) in [5.74, 6) is -0.358. The molecular formula is C11H14N4O2S. The van der Waals surface area contributed by atoms with Crippen molar-refractivity contribution < 1.29 is 9.53 Å². The summed E-state index contributed by atoms with van der Waals surface area (Å²) in [7, 11) is 0. The average molecular weight is 266 g/mol. The molecule has 2 aromatic heterocycles. The van der Waals surface area contributed by atoms with E-state index in [-0.39, 0.29) is 19.1 Å². The molecule has 0 spiro atoms. The van der Waals surface area contributed by atoms with E-state index in [1.165, 1.54) is 22.2 Å². The zero-order valence-electron chi connectivity index (χ0n) is 10.2. The Balaban J connectivity index is 1.85. The van der Waals surface area contributed by atoms with Crippen molar-refractivity contribution in [3.8, 4) is 0 Å². The van der Waals surface area contributed by atoms with Crippen molar-refractivity contribution >= 4 is 23.0 Å². The van der Waals surface area contributed by atoms with Gasteiger partial charge in [-0.3, -0.25) is 9.48 Å². The topological polar surface area (TPSA) is 83.0 Å². The van der Waals surface area contributed by atoms with Crippen LogP contribution >= 0.6 is 11.3 Å². The molecule has 0 aliphatic rings. The van der Waals surface area contributed by atoms with Gasteiger partial charge in [-0.25, -0.2) is 4.98 Å². The Bertz CT molecular complexity index is 542. The number of carbonyl (C=O) groups is 1. The van der Waals surface area contributed by atoms with Crippen LogP contribution in [0.25, 0.3) is 0 Å². The zero-order valence-corrected chi connectivity index (χ0v) is 11.0. The quantitative estimate of drug-likeness (QED) is 0.843. The summed E-state index contributed by atoms with van der Waals surface area (Å²) in [5.41, 5.74) is 6.99. The van der Waals surface area contributed by atoms with E-state index in [0.29, 0.717) is 5.69 Å². The minimum atomic E-state index is -0.358. The smallest absolute Gasteiger partial charge is 0.328 e. The molecule has 0 aromatic carbocycles. The number of aryl methyl sites for hydroxylation is 2. The summed E-state index contributed by atoms with van der Waals surface area (Å²) in [6.45, 7) is 4.18. The number of aromatic nitrogens is 3. The van der Waals surface area contributed by atoms with Gasteiger partial charge in [-0.2, -0.15) is 5.10 Å². The van der Waals surface area contributed by atoms with Gasteiger partial charge in [0.05, 0.1) is 17.6 Å². The first-order chi connectivity index (χ1) is 8.54. The molecule has 0 aliphatic carbocycles. The van der Waals surface area contributed by atoms with Crippen LogP contribution in [0.15, 0.2) is 12.4 Å². The number of ether oxygens (including phenoxy) is 1. The number of nitrogen functional groups attached to an aromatic ring is 1. The van der Waals surface area contributed by atoms with E-state index < -0.39 is 0 Å². The third-order valence-corrected chi connectivity index (χ3v) is 3.42. The van der Waals surface area contributed by atoms with Crippen LogP contribution in [0.5, 0.6) is 0 Å². The van der Waals surface area contributed by atoms with Gasteiger partial charge in [0, 0.05) is 11.1 Å². The molecule has 2 aromatic rings. The molecule has 0 bridgehead atoms. The van der Waals surface area contributed by atoms with Gasteiger partial charge in [0.2, 0.25) is 0 Å². The second-order valence-corrected chi connectivity index (χ2v) is 5.17. The molecule has 0 fully saturated rings. The Morgan fingerprint density at radius 1 is 1.56 bits per heavy atom. The highest BCUT2D eigenvalue weighted by atomic mass is 32.1. The molecule has 0 radical (unpaired) electrons. The number of anilines is 1. The number of rotatable bonds is 4. The lowest BCUT2D eigenvalue weighted by Gasteiger charge is -2.02. The predicted octanol–water partition coefficient (Wildman–Crippen LogP) is 1.28. The van der Waals surface area contributed by atoms with Crippen molar-refractivity contribution in [1.82, 2.24) is 14.8 Å². The Hall–Kier alpha value is -1.89. The summed E-state index contributed by atoms with van der Waals surface area (Å²) >= 11 is 1.54. The minimum Gasteiger partial charge on any atom is -0.457 e. The predicted molar refractivity (Wildman–Crippen MR) is 68.0 cm³/mol. The van der Waals surface area contributed by atoms with Crippen molar-refractivity contribution in [2.75, 3.05) is 5.73 Å². The molecule has 0 amide bonds. The summed E-state index contributed by atoms with van der Waals surface area (Å²) in [5, 5.41) is 4.71. The van der Waals surface area contributed by atoms with Crippen LogP contribution in [0.1, 0.15) is 15.6 Å². The van der Waals surface area contributed by atoms with E-state index in [9.17, 15) is 4.79 Å². The summed E-state index contributed by atoms with van der Waals surface area (Å²) in [6, 6.07) is 0. The fourth-order valence-corrected chi connectivity index (χ4v) is 2.23. The van der Waals surface area contributed by atoms with Crippen LogP contribution in [-0.4, -0.2) is 20.7 Å². The van der Waals surface area contributed by atoms with Crippen molar-refractivity contribution in [2.45, 2.75) is 27.0 Å². The Morgan fingerprint density at radius 2 is 2.33 bits per heavy atom. The largest absolute Gasteiger partial charge is 0.457 e. The van der Waals surface area contributed by atoms with Crippen LogP contribution < -0.4 is 5.73 Å². The number of carbonyl (C=O) groups excluding carboxylic acids is 1. The number of thiazole rings is 1. The standard InChI is InChI=1S/C11H14N4O2S/c1-7-8(2)18-10(14-7)6-17-11(16)5-15-4-9(12)3-13-15/h3-4H,5-6,12H2,1-2H3. The van der Waals surface area contributed by atoms with Gasteiger partial charge in [-0.15, -0.1) is 11.3 Å². The first-order valence-corrected chi connectivity index (χ1v) is 6.22. The number of hydrogen-bond acceptors (Lipinski definition) is 6. The fraction of sp³-hybridized carbons (Fsp3) is 0.364. The molecule has 2 heterocycles. The molecule has 7 heteroatoms. The maximum atomic E-state index is 11.5. The molecule has 0 aliphatic heterocycles. The highest BCUT2D eigenvalue weighted by molar-refractivity contribution is 7.11. The zero-order chi connectivity index (χ0) is 13.1. The van der Waals surface area contributed by atoms with E-state index in [1.807, 2.05) is 13.8 Å². The maximum absolute atomic E-state index is 11.5. The third kappa shape index (κ3) is 3.07. The lowest BCUT2D eigenvalue weighted by atomic mass is 10.4. The summed E-state index contributed by atoms with van der Waals surface area (Å²) < 4.78 is 6.56. The van der Waals surface area contributed by atoms with Crippen LogP contribution in [0.2, 0.25) is 0 Å². The summed E-state index contributed by atoms with van der Waals surface area (Å²) in [6.07, 6.45) is 3.07. The lowest BCUT2D eigenvalue weighted by Crippen LogP contribution is -2.13. The Morgan fingerprint density at radius 3 is 2.89 bits per heavy atom. The van der Waals surface area contributed by atoms with E-state index >= 15 is 0 Å². The fourth-order valence-electron chi connectivity index (χ4n) is 1.39.